The minimum Gasteiger partial charge on any atom is -0.422 e. The normalized spacial score (nSPS) is 12.1. The van der Waals surface area contributed by atoms with Crippen molar-refractivity contribution in [1.29, 1.82) is 0 Å². The van der Waals surface area contributed by atoms with Crippen molar-refractivity contribution in [3.63, 3.8) is 0 Å². The molecule has 1 aromatic heterocycles. The smallest absolute Gasteiger partial charge is 0.339 e. The first-order valence-corrected chi connectivity index (χ1v) is 7.77. The van der Waals surface area contributed by atoms with E-state index in [0.29, 0.717) is 17.4 Å². The van der Waals surface area contributed by atoms with Crippen molar-refractivity contribution in [2.45, 2.75) is 12.8 Å². The van der Waals surface area contributed by atoms with Gasteiger partial charge in [0.05, 0.1) is 0 Å². The number of fused-ring (bicyclic) bond motifs is 1. The predicted octanol–water partition coefficient (Wildman–Crippen LogP) is 2.84. The average molecular weight is 341 g/mol. The summed E-state index contributed by atoms with van der Waals surface area (Å²) in [5, 5.41) is 9.56. The molecule has 2 aromatic carbocycles. The van der Waals surface area contributed by atoms with Gasteiger partial charge in [-0.15, -0.1) is 0 Å². The second-order valence-corrected chi connectivity index (χ2v) is 5.81. The largest absolute Gasteiger partial charge is 0.422 e. The number of halogens is 1. The lowest BCUT2D eigenvalue weighted by Gasteiger charge is -2.14. The van der Waals surface area contributed by atoms with E-state index in [9.17, 15) is 14.0 Å². The zero-order valence-electron chi connectivity index (χ0n) is 13.2. The maximum absolute atomic E-state index is 13.2. The Kier molecular flexibility index (Phi) is 4.90. The number of amides is 1. The van der Waals surface area contributed by atoms with Crippen LogP contribution in [-0.2, 0) is 17.6 Å². The highest BCUT2D eigenvalue weighted by molar-refractivity contribution is 5.79. The number of carbonyl (C=O) groups excluding carboxylic acids is 1. The minimum atomic E-state index is -0.645. The van der Waals surface area contributed by atoms with Gasteiger partial charge in [0.1, 0.15) is 11.4 Å². The third-order valence-corrected chi connectivity index (χ3v) is 4.04. The van der Waals surface area contributed by atoms with Gasteiger partial charge in [0.2, 0.25) is 5.91 Å². The summed E-state index contributed by atoms with van der Waals surface area (Å²) in [6, 6.07) is 14.8. The van der Waals surface area contributed by atoms with Gasteiger partial charge in [-0.05, 0) is 36.6 Å². The van der Waals surface area contributed by atoms with Crippen molar-refractivity contribution in [2.75, 3.05) is 0 Å². The highest BCUT2D eigenvalue weighted by Crippen LogP contribution is 2.18. The maximum Gasteiger partial charge on any atom is 0.339 e. The van der Waals surface area contributed by atoms with Gasteiger partial charge >= 0.3 is 5.63 Å². The first-order chi connectivity index (χ1) is 12.1. The Hall–Kier alpha value is -2.99. The lowest BCUT2D eigenvalue weighted by atomic mass is 9.92. The summed E-state index contributed by atoms with van der Waals surface area (Å²) in [5.74, 6) is -1.72. The van der Waals surface area contributed by atoms with Crippen LogP contribution in [0.4, 0.5) is 4.39 Å². The number of nitrogens with one attached hydrogen (secondary N) is 1. The van der Waals surface area contributed by atoms with Crippen LogP contribution in [0.5, 0.6) is 0 Å². The van der Waals surface area contributed by atoms with Crippen LogP contribution in [0.3, 0.4) is 0 Å². The molecule has 2 N–H and O–H groups in total. The lowest BCUT2D eigenvalue weighted by Crippen LogP contribution is -2.32. The first-order valence-electron chi connectivity index (χ1n) is 7.77. The Balaban J connectivity index is 1.92. The molecular formula is C19H16FNO4. The van der Waals surface area contributed by atoms with E-state index in [-0.39, 0.29) is 12.0 Å². The summed E-state index contributed by atoms with van der Waals surface area (Å²) in [6.07, 6.45) is 0.449. The summed E-state index contributed by atoms with van der Waals surface area (Å²) in [7, 11) is 0. The van der Waals surface area contributed by atoms with Gasteiger partial charge in [-0.2, -0.15) is 0 Å². The number of hydroxylamine groups is 1. The Morgan fingerprint density at radius 1 is 1.12 bits per heavy atom. The van der Waals surface area contributed by atoms with Crippen LogP contribution in [0.15, 0.2) is 63.8 Å². The highest BCUT2D eigenvalue weighted by Gasteiger charge is 2.21. The second kappa shape index (κ2) is 7.27. The fourth-order valence-electron chi connectivity index (χ4n) is 2.78. The number of carbonyl (C=O) groups is 1. The van der Waals surface area contributed by atoms with Gasteiger partial charge in [0, 0.05) is 22.9 Å². The second-order valence-electron chi connectivity index (χ2n) is 5.81. The molecule has 0 spiro atoms. The molecule has 0 bridgehead atoms. The standard InChI is InChI=1S/C19H16FNO4/c20-16-7-6-13-9-15(19(23)25-17(13)11-16)10-14(18(22)21-24)8-12-4-2-1-3-5-12/h1-7,9,11,14,24H,8,10H2,(H,21,22). The molecule has 0 saturated carbocycles. The molecule has 3 rings (SSSR count). The third kappa shape index (κ3) is 3.92. The van der Waals surface area contributed by atoms with Crippen molar-refractivity contribution >= 4 is 16.9 Å². The van der Waals surface area contributed by atoms with Gasteiger partial charge in [0.15, 0.2) is 0 Å². The highest BCUT2D eigenvalue weighted by atomic mass is 19.1. The molecule has 25 heavy (non-hydrogen) atoms. The fraction of sp³-hybridized carbons (Fsp3) is 0.158. The molecule has 0 saturated heterocycles. The summed E-state index contributed by atoms with van der Waals surface area (Å²) in [6.45, 7) is 0. The number of hydrogen-bond donors (Lipinski definition) is 2. The first kappa shape index (κ1) is 16.9. The molecule has 1 amide bonds. The Labute approximate surface area is 142 Å². The van der Waals surface area contributed by atoms with Crippen LogP contribution < -0.4 is 11.1 Å². The van der Waals surface area contributed by atoms with Crippen LogP contribution in [0, 0.1) is 11.7 Å². The van der Waals surface area contributed by atoms with Crippen LogP contribution >= 0.6 is 0 Å². The molecule has 1 unspecified atom stereocenters. The van der Waals surface area contributed by atoms with Gasteiger partial charge in [-0.1, -0.05) is 30.3 Å². The fourth-order valence-corrected chi connectivity index (χ4v) is 2.78. The summed E-state index contributed by atoms with van der Waals surface area (Å²) in [5.41, 5.74) is 2.38. The molecule has 0 radical (unpaired) electrons. The van der Waals surface area contributed by atoms with E-state index in [2.05, 4.69) is 0 Å². The molecular weight excluding hydrogens is 325 g/mol. The molecule has 6 heteroatoms. The average Bonchev–Trinajstić information content (AvgIpc) is 2.62. The van der Waals surface area contributed by atoms with E-state index < -0.39 is 23.3 Å². The molecule has 0 aliphatic rings. The van der Waals surface area contributed by atoms with Crippen molar-refractivity contribution in [1.82, 2.24) is 5.48 Å². The lowest BCUT2D eigenvalue weighted by molar-refractivity contribution is -0.133. The van der Waals surface area contributed by atoms with Crippen molar-refractivity contribution in [3.8, 4) is 0 Å². The van der Waals surface area contributed by atoms with Gasteiger partial charge in [0.25, 0.3) is 0 Å². The van der Waals surface area contributed by atoms with E-state index in [4.69, 9.17) is 9.62 Å². The van der Waals surface area contributed by atoms with Crippen LogP contribution in [0.2, 0.25) is 0 Å². The quantitative estimate of drug-likeness (QED) is 0.425. The number of rotatable bonds is 5. The summed E-state index contributed by atoms with van der Waals surface area (Å²) in [4.78, 5) is 24.2. The summed E-state index contributed by atoms with van der Waals surface area (Å²) >= 11 is 0. The molecule has 0 fully saturated rings. The van der Waals surface area contributed by atoms with E-state index in [0.717, 1.165) is 11.6 Å². The van der Waals surface area contributed by atoms with E-state index in [1.165, 1.54) is 12.1 Å². The van der Waals surface area contributed by atoms with Crippen LogP contribution in [-0.4, -0.2) is 11.1 Å². The van der Waals surface area contributed by atoms with Crippen LogP contribution in [0.25, 0.3) is 11.0 Å². The summed E-state index contributed by atoms with van der Waals surface area (Å²) < 4.78 is 18.4. The Morgan fingerprint density at radius 3 is 2.60 bits per heavy atom. The number of benzene rings is 2. The molecule has 5 nitrogen and oxygen atoms in total. The van der Waals surface area contributed by atoms with Gasteiger partial charge in [-0.25, -0.2) is 14.7 Å². The van der Waals surface area contributed by atoms with Gasteiger partial charge < -0.3 is 4.42 Å². The zero-order valence-corrected chi connectivity index (χ0v) is 13.2. The maximum atomic E-state index is 13.2. The topological polar surface area (TPSA) is 79.5 Å². The zero-order chi connectivity index (χ0) is 17.8. The SMILES string of the molecule is O=C(NO)C(Cc1ccccc1)Cc1cc2ccc(F)cc2oc1=O. The van der Waals surface area contributed by atoms with E-state index in [1.54, 1.807) is 11.5 Å². The van der Waals surface area contributed by atoms with Crippen LogP contribution in [0.1, 0.15) is 11.1 Å². The Bertz CT molecular complexity index is 953. The Morgan fingerprint density at radius 2 is 1.88 bits per heavy atom. The van der Waals surface area contributed by atoms with Crippen molar-refractivity contribution in [2.24, 2.45) is 5.92 Å². The molecule has 0 aliphatic heterocycles. The van der Waals surface area contributed by atoms with E-state index in [1.807, 2.05) is 30.3 Å². The van der Waals surface area contributed by atoms with E-state index >= 15 is 0 Å². The molecule has 0 aliphatic carbocycles. The third-order valence-electron chi connectivity index (χ3n) is 4.04. The molecule has 3 aromatic rings. The molecule has 1 atom stereocenters. The van der Waals surface area contributed by atoms with Crippen molar-refractivity contribution in [3.05, 3.63) is 82.0 Å². The predicted molar refractivity (Wildman–Crippen MR) is 89.7 cm³/mol. The van der Waals surface area contributed by atoms with Crippen molar-refractivity contribution < 1.29 is 18.8 Å². The molecule has 128 valence electrons. The van der Waals surface area contributed by atoms with Gasteiger partial charge in [-0.3, -0.25) is 10.0 Å². The minimum absolute atomic E-state index is 0.0942. The molecule has 1 heterocycles. The number of hydrogen-bond acceptors (Lipinski definition) is 4. The monoisotopic (exact) mass is 341 g/mol.